The highest BCUT2D eigenvalue weighted by molar-refractivity contribution is 7.21. The Morgan fingerprint density at radius 1 is 1.13 bits per heavy atom. The van der Waals surface area contributed by atoms with E-state index in [1.165, 1.54) is 0 Å². The van der Waals surface area contributed by atoms with Crippen molar-refractivity contribution in [2.75, 3.05) is 20.3 Å². The smallest absolute Gasteiger partial charge is 0.165 e. The van der Waals surface area contributed by atoms with Crippen LogP contribution in [0.2, 0.25) is 0 Å². The molecule has 0 saturated heterocycles. The fourth-order valence-electron chi connectivity index (χ4n) is 3.88. The highest BCUT2D eigenvalue weighted by Gasteiger charge is 2.21. The maximum absolute atomic E-state index is 10.7. The second-order valence-electron chi connectivity index (χ2n) is 7.34. The number of para-hydroxylation sites is 2. The summed E-state index contributed by atoms with van der Waals surface area (Å²) < 4.78 is 12.6. The van der Waals surface area contributed by atoms with E-state index in [0.717, 1.165) is 50.8 Å². The minimum Gasteiger partial charge on any atom is -0.504 e. The SMILES string of the molecule is COc1ccccc1CN1CCOc2c(O)cc(-c3nc4ccccc4s3)cc2C1. The van der Waals surface area contributed by atoms with Gasteiger partial charge in [0.25, 0.3) is 0 Å². The Morgan fingerprint density at radius 3 is 2.83 bits per heavy atom. The van der Waals surface area contributed by atoms with Crippen molar-refractivity contribution in [2.45, 2.75) is 13.1 Å². The molecule has 152 valence electrons. The summed E-state index contributed by atoms with van der Waals surface area (Å²) in [5.41, 5.74) is 3.99. The van der Waals surface area contributed by atoms with Gasteiger partial charge in [0.1, 0.15) is 17.4 Å². The topological polar surface area (TPSA) is 54.8 Å². The van der Waals surface area contributed by atoms with E-state index < -0.39 is 0 Å². The first-order chi connectivity index (χ1) is 14.7. The number of aromatic nitrogens is 1. The van der Waals surface area contributed by atoms with Crippen molar-refractivity contribution in [1.29, 1.82) is 0 Å². The van der Waals surface area contributed by atoms with Gasteiger partial charge >= 0.3 is 0 Å². The highest BCUT2D eigenvalue weighted by atomic mass is 32.1. The molecule has 2 heterocycles. The van der Waals surface area contributed by atoms with Gasteiger partial charge < -0.3 is 14.6 Å². The van der Waals surface area contributed by atoms with Gasteiger partial charge in [0.15, 0.2) is 11.5 Å². The average Bonchev–Trinajstić information content (AvgIpc) is 3.09. The van der Waals surface area contributed by atoms with E-state index >= 15 is 0 Å². The van der Waals surface area contributed by atoms with Gasteiger partial charge in [0.2, 0.25) is 0 Å². The molecule has 0 atom stereocenters. The number of phenols is 1. The van der Waals surface area contributed by atoms with Gasteiger partial charge in [-0.3, -0.25) is 4.90 Å². The minimum absolute atomic E-state index is 0.167. The van der Waals surface area contributed by atoms with Crippen LogP contribution in [-0.2, 0) is 13.1 Å². The second-order valence-corrected chi connectivity index (χ2v) is 8.37. The molecule has 0 amide bonds. The van der Waals surface area contributed by atoms with Gasteiger partial charge in [-0.2, -0.15) is 0 Å². The number of methoxy groups -OCH3 is 1. The maximum Gasteiger partial charge on any atom is 0.165 e. The van der Waals surface area contributed by atoms with Crippen molar-refractivity contribution in [3.05, 3.63) is 71.8 Å². The third-order valence-corrected chi connectivity index (χ3v) is 6.41. The van der Waals surface area contributed by atoms with E-state index in [1.54, 1.807) is 24.5 Å². The quantitative estimate of drug-likeness (QED) is 0.501. The Hall–Kier alpha value is -3.09. The average molecular weight is 419 g/mol. The molecule has 1 N–H and O–H groups in total. The molecule has 0 bridgehead atoms. The number of aromatic hydroxyl groups is 1. The second kappa shape index (κ2) is 7.97. The van der Waals surface area contributed by atoms with Gasteiger partial charge in [-0.15, -0.1) is 11.3 Å². The van der Waals surface area contributed by atoms with Crippen molar-refractivity contribution in [1.82, 2.24) is 9.88 Å². The summed E-state index contributed by atoms with van der Waals surface area (Å²) in [5.74, 6) is 1.62. The zero-order valence-corrected chi connectivity index (χ0v) is 17.5. The fraction of sp³-hybridized carbons (Fsp3) is 0.208. The maximum atomic E-state index is 10.7. The van der Waals surface area contributed by atoms with Crippen LogP contribution in [0.5, 0.6) is 17.2 Å². The number of phenolic OH excluding ortho intramolecular Hbond substituents is 1. The largest absolute Gasteiger partial charge is 0.504 e. The lowest BCUT2D eigenvalue weighted by Gasteiger charge is -2.21. The molecule has 3 aromatic carbocycles. The molecule has 0 unspecified atom stereocenters. The summed E-state index contributed by atoms with van der Waals surface area (Å²) in [6.45, 7) is 2.72. The van der Waals surface area contributed by atoms with Gasteiger partial charge in [-0.25, -0.2) is 4.98 Å². The lowest BCUT2D eigenvalue weighted by molar-refractivity contribution is 0.215. The Bertz CT molecular complexity index is 1170. The Labute approximate surface area is 179 Å². The van der Waals surface area contributed by atoms with Crippen molar-refractivity contribution in [3.8, 4) is 27.8 Å². The number of benzene rings is 3. The summed E-state index contributed by atoms with van der Waals surface area (Å²) >= 11 is 1.63. The molecule has 1 aromatic heterocycles. The van der Waals surface area contributed by atoms with Crippen LogP contribution in [0.25, 0.3) is 20.8 Å². The molecule has 0 fully saturated rings. The zero-order chi connectivity index (χ0) is 20.5. The summed E-state index contributed by atoms with van der Waals surface area (Å²) in [7, 11) is 1.70. The van der Waals surface area contributed by atoms with Crippen LogP contribution in [-0.4, -0.2) is 35.3 Å². The van der Waals surface area contributed by atoms with E-state index in [9.17, 15) is 5.11 Å². The minimum atomic E-state index is 0.167. The van der Waals surface area contributed by atoms with Crippen LogP contribution in [0.4, 0.5) is 0 Å². The predicted octanol–water partition coefficient (Wildman–Crippen LogP) is 5.07. The highest BCUT2D eigenvalue weighted by Crippen LogP contribution is 2.40. The molecule has 1 aliphatic rings. The lowest BCUT2D eigenvalue weighted by atomic mass is 10.1. The molecular weight excluding hydrogens is 396 g/mol. The third-order valence-electron chi connectivity index (χ3n) is 5.32. The van der Waals surface area contributed by atoms with Crippen LogP contribution >= 0.6 is 11.3 Å². The van der Waals surface area contributed by atoms with Gasteiger partial charge in [0.05, 0.1) is 17.3 Å². The van der Waals surface area contributed by atoms with Crippen LogP contribution < -0.4 is 9.47 Å². The first-order valence-electron chi connectivity index (χ1n) is 9.90. The third kappa shape index (κ3) is 3.60. The molecule has 0 radical (unpaired) electrons. The number of hydrogen-bond donors (Lipinski definition) is 1. The molecule has 4 aromatic rings. The van der Waals surface area contributed by atoms with E-state index in [0.29, 0.717) is 18.9 Å². The molecule has 0 aliphatic carbocycles. The molecule has 5 nitrogen and oxygen atoms in total. The molecule has 0 spiro atoms. The van der Waals surface area contributed by atoms with Gasteiger partial charge in [-0.05, 0) is 30.3 Å². The summed E-state index contributed by atoms with van der Waals surface area (Å²) in [6, 6.07) is 20.0. The molecule has 30 heavy (non-hydrogen) atoms. The number of rotatable bonds is 4. The van der Waals surface area contributed by atoms with E-state index in [-0.39, 0.29) is 5.75 Å². The monoisotopic (exact) mass is 418 g/mol. The number of nitrogens with zero attached hydrogens (tertiary/aromatic N) is 2. The summed E-state index contributed by atoms with van der Waals surface area (Å²) in [4.78, 5) is 7.05. The number of thiazole rings is 1. The Balaban J connectivity index is 1.48. The van der Waals surface area contributed by atoms with Crippen LogP contribution in [0, 0.1) is 0 Å². The molecular formula is C24H22N2O3S. The number of ether oxygens (including phenoxy) is 2. The van der Waals surface area contributed by atoms with Crippen molar-refractivity contribution in [3.63, 3.8) is 0 Å². The van der Waals surface area contributed by atoms with E-state index in [1.807, 2.05) is 36.4 Å². The van der Waals surface area contributed by atoms with Crippen molar-refractivity contribution < 1.29 is 14.6 Å². The summed E-state index contributed by atoms with van der Waals surface area (Å²) in [6.07, 6.45) is 0. The van der Waals surface area contributed by atoms with Crippen LogP contribution in [0.1, 0.15) is 11.1 Å². The summed E-state index contributed by atoms with van der Waals surface area (Å²) in [5, 5.41) is 11.6. The molecule has 5 rings (SSSR count). The normalized spacial score (nSPS) is 14.2. The Morgan fingerprint density at radius 2 is 1.97 bits per heavy atom. The van der Waals surface area contributed by atoms with E-state index in [2.05, 4.69) is 23.1 Å². The van der Waals surface area contributed by atoms with Gasteiger partial charge in [0, 0.05) is 36.3 Å². The van der Waals surface area contributed by atoms with Crippen LogP contribution in [0.15, 0.2) is 60.7 Å². The van der Waals surface area contributed by atoms with Gasteiger partial charge in [-0.1, -0.05) is 30.3 Å². The first-order valence-corrected chi connectivity index (χ1v) is 10.7. The van der Waals surface area contributed by atoms with Crippen molar-refractivity contribution in [2.24, 2.45) is 0 Å². The standard InChI is InChI=1S/C24H22N2O3S/c1-28-21-8-4-2-6-16(21)14-26-10-11-29-23-18(15-26)12-17(13-20(23)27)24-25-19-7-3-5-9-22(19)30-24/h2-9,12-13,27H,10-11,14-15H2,1H3. The molecule has 0 saturated carbocycles. The number of hydrogen-bond acceptors (Lipinski definition) is 6. The number of fused-ring (bicyclic) bond motifs is 2. The van der Waals surface area contributed by atoms with Crippen LogP contribution in [0.3, 0.4) is 0 Å². The first kappa shape index (κ1) is 18.9. The van der Waals surface area contributed by atoms with Crippen molar-refractivity contribution >= 4 is 21.6 Å². The molecule has 6 heteroatoms. The lowest BCUT2D eigenvalue weighted by Crippen LogP contribution is -2.25. The molecule has 1 aliphatic heterocycles. The fourth-order valence-corrected chi connectivity index (χ4v) is 4.83. The predicted molar refractivity (Wildman–Crippen MR) is 119 cm³/mol. The Kier molecular flexibility index (Phi) is 5.02. The zero-order valence-electron chi connectivity index (χ0n) is 16.7. The van der Waals surface area contributed by atoms with E-state index in [4.69, 9.17) is 14.5 Å².